The summed E-state index contributed by atoms with van der Waals surface area (Å²) >= 11 is 6.11. The van der Waals surface area contributed by atoms with Gasteiger partial charge in [0.2, 0.25) is 0 Å². The molecule has 2 rings (SSSR count). The number of amides is 1. The molecule has 1 aliphatic heterocycles. The molecule has 1 fully saturated rings. The number of hydrogen-bond acceptors (Lipinski definition) is 4. The summed E-state index contributed by atoms with van der Waals surface area (Å²) in [6.45, 7) is 1.92. The first-order chi connectivity index (χ1) is 8.10. The largest absolute Gasteiger partial charge is 0.307 e. The van der Waals surface area contributed by atoms with Crippen LogP contribution in [0.15, 0.2) is 23.1 Å². The molecular formula is C12H8N2OS2. The number of thioether (sulfide) groups is 1. The highest BCUT2D eigenvalue weighted by Crippen LogP contribution is 2.26. The van der Waals surface area contributed by atoms with Gasteiger partial charge in [0.15, 0.2) is 0 Å². The Morgan fingerprint density at radius 1 is 1.53 bits per heavy atom. The van der Waals surface area contributed by atoms with E-state index in [0.29, 0.717) is 14.8 Å². The van der Waals surface area contributed by atoms with Crippen molar-refractivity contribution in [2.45, 2.75) is 6.92 Å². The molecule has 17 heavy (non-hydrogen) atoms. The van der Waals surface area contributed by atoms with Gasteiger partial charge in [0.1, 0.15) is 4.32 Å². The lowest BCUT2D eigenvalue weighted by Gasteiger charge is -2.00. The normalized spacial score (nSPS) is 17.1. The van der Waals surface area contributed by atoms with E-state index in [0.717, 1.165) is 11.1 Å². The number of carbonyl (C=O) groups is 1. The predicted octanol–water partition coefficient (Wildman–Crippen LogP) is 2.36. The Labute approximate surface area is 109 Å². The van der Waals surface area contributed by atoms with Crippen LogP contribution >= 0.6 is 24.0 Å². The van der Waals surface area contributed by atoms with Gasteiger partial charge in [0, 0.05) is 0 Å². The number of aryl methyl sites for hydroxylation is 1. The van der Waals surface area contributed by atoms with Crippen molar-refractivity contribution in [3.63, 3.8) is 0 Å². The van der Waals surface area contributed by atoms with Crippen molar-refractivity contribution in [3.8, 4) is 6.07 Å². The first-order valence-electron chi connectivity index (χ1n) is 4.86. The Balaban J connectivity index is 2.43. The predicted molar refractivity (Wildman–Crippen MR) is 72.2 cm³/mol. The molecule has 0 aromatic heterocycles. The van der Waals surface area contributed by atoms with Gasteiger partial charge in [-0.3, -0.25) is 4.79 Å². The van der Waals surface area contributed by atoms with Gasteiger partial charge >= 0.3 is 0 Å². The number of rotatable bonds is 1. The molecule has 1 amide bonds. The van der Waals surface area contributed by atoms with Crippen LogP contribution in [-0.2, 0) is 4.79 Å². The highest BCUT2D eigenvalue weighted by molar-refractivity contribution is 8.26. The minimum Gasteiger partial charge on any atom is -0.307 e. The quantitative estimate of drug-likeness (QED) is 0.622. The summed E-state index contributed by atoms with van der Waals surface area (Å²) in [4.78, 5) is 12.0. The molecular weight excluding hydrogens is 252 g/mol. The Morgan fingerprint density at radius 2 is 2.29 bits per heavy atom. The molecule has 1 aliphatic rings. The Hall–Kier alpha value is -1.64. The van der Waals surface area contributed by atoms with Gasteiger partial charge in [-0.25, -0.2) is 0 Å². The summed E-state index contributed by atoms with van der Waals surface area (Å²) in [5, 5.41) is 11.6. The van der Waals surface area contributed by atoms with E-state index < -0.39 is 0 Å². The van der Waals surface area contributed by atoms with Crippen LogP contribution < -0.4 is 5.32 Å². The molecule has 5 heteroatoms. The lowest BCUT2D eigenvalue weighted by Crippen LogP contribution is -2.17. The fourth-order valence-electron chi connectivity index (χ4n) is 1.46. The lowest BCUT2D eigenvalue weighted by atomic mass is 10.1. The number of benzene rings is 1. The number of thiocarbonyl (C=S) groups is 1. The topological polar surface area (TPSA) is 52.9 Å². The van der Waals surface area contributed by atoms with Crippen LogP contribution in [0, 0.1) is 18.3 Å². The first-order valence-corrected chi connectivity index (χ1v) is 6.08. The average Bonchev–Trinajstić information content (AvgIpc) is 2.60. The molecule has 0 atom stereocenters. The van der Waals surface area contributed by atoms with Gasteiger partial charge < -0.3 is 5.32 Å². The Bertz CT molecular complexity index is 585. The zero-order valence-electron chi connectivity index (χ0n) is 8.98. The van der Waals surface area contributed by atoms with E-state index in [9.17, 15) is 4.79 Å². The molecule has 0 radical (unpaired) electrons. The number of nitrogens with one attached hydrogen (secondary N) is 1. The zero-order valence-corrected chi connectivity index (χ0v) is 10.6. The van der Waals surface area contributed by atoms with E-state index in [1.807, 2.05) is 19.1 Å². The smallest absolute Gasteiger partial charge is 0.263 e. The van der Waals surface area contributed by atoms with Crippen molar-refractivity contribution in [1.82, 2.24) is 5.32 Å². The third-order valence-corrected chi connectivity index (χ3v) is 3.42. The standard InChI is InChI=1S/C12H8N2OS2/c1-7-2-3-8(9(4-7)6-13)5-10-11(15)14-12(16)17-10/h2-5H,1H3,(H,14,15,16)/b10-5-. The van der Waals surface area contributed by atoms with E-state index in [4.69, 9.17) is 17.5 Å². The van der Waals surface area contributed by atoms with Crippen LogP contribution in [0.3, 0.4) is 0 Å². The van der Waals surface area contributed by atoms with Gasteiger partial charge in [0.25, 0.3) is 5.91 Å². The second kappa shape index (κ2) is 4.70. The van der Waals surface area contributed by atoms with Crippen LogP contribution in [0.5, 0.6) is 0 Å². The maximum Gasteiger partial charge on any atom is 0.263 e. The number of nitrogens with zero attached hydrogens (tertiary/aromatic N) is 1. The summed E-state index contributed by atoms with van der Waals surface area (Å²) < 4.78 is 0.451. The fourth-order valence-corrected chi connectivity index (χ4v) is 2.49. The summed E-state index contributed by atoms with van der Waals surface area (Å²) in [6.07, 6.45) is 1.69. The second-order valence-electron chi connectivity index (χ2n) is 3.55. The average molecular weight is 260 g/mol. The molecule has 0 aliphatic carbocycles. The minimum atomic E-state index is -0.204. The molecule has 0 bridgehead atoms. The highest BCUT2D eigenvalue weighted by atomic mass is 32.2. The monoisotopic (exact) mass is 260 g/mol. The van der Waals surface area contributed by atoms with Crippen LogP contribution in [0.25, 0.3) is 6.08 Å². The molecule has 1 N–H and O–H groups in total. The van der Waals surface area contributed by atoms with E-state index in [1.165, 1.54) is 11.8 Å². The van der Waals surface area contributed by atoms with Gasteiger partial charge in [-0.2, -0.15) is 5.26 Å². The second-order valence-corrected chi connectivity index (χ2v) is 5.27. The van der Waals surface area contributed by atoms with E-state index in [2.05, 4.69) is 11.4 Å². The van der Waals surface area contributed by atoms with Crippen LogP contribution in [0.1, 0.15) is 16.7 Å². The molecule has 84 valence electrons. The Kier molecular flexibility index (Phi) is 3.27. The molecule has 0 spiro atoms. The number of nitriles is 1. The highest BCUT2D eigenvalue weighted by Gasteiger charge is 2.22. The lowest BCUT2D eigenvalue weighted by molar-refractivity contribution is -0.115. The summed E-state index contributed by atoms with van der Waals surface area (Å²) in [5.74, 6) is -0.204. The molecule has 1 aromatic carbocycles. The summed E-state index contributed by atoms with van der Waals surface area (Å²) in [6, 6.07) is 7.65. The van der Waals surface area contributed by atoms with Crippen LogP contribution in [-0.4, -0.2) is 10.2 Å². The van der Waals surface area contributed by atoms with Crippen molar-refractivity contribution >= 4 is 40.3 Å². The molecule has 0 saturated carbocycles. The summed E-state index contributed by atoms with van der Waals surface area (Å²) in [7, 11) is 0. The van der Waals surface area contributed by atoms with E-state index in [-0.39, 0.29) is 5.91 Å². The molecule has 0 unspecified atom stereocenters. The van der Waals surface area contributed by atoms with Gasteiger partial charge in [0.05, 0.1) is 16.5 Å². The third kappa shape index (κ3) is 2.54. The van der Waals surface area contributed by atoms with E-state index >= 15 is 0 Å². The molecule has 1 aromatic rings. The molecule has 3 nitrogen and oxygen atoms in total. The van der Waals surface area contributed by atoms with Crippen molar-refractivity contribution in [3.05, 3.63) is 39.8 Å². The maximum absolute atomic E-state index is 11.5. The van der Waals surface area contributed by atoms with Crippen molar-refractivity contribution in [1.29, 1.82) is 5.26 Å². The van der Waals surface area contributed by atoms with Crippen molar-refractivity contribution in [2.24, 2.45) is 0 Å². The van der Waals surface area contributed by atoms with E-state index in [1.54, 1.807) is 12.1 Å². The van der Waals surface area contributed by atoms with Crippen molar-refractivity contribution in [2.75, 3.05) is 0 Å². The van der Waals surface area contributed by atoms with Crippen LogP contribution in [0.4, 0.5) is 0 Å². The molecule has 1 heterocycles. The van der Waals surface area contributed by atoms with Crippen LogP contribution in [0.2, 0.25) is 0 Å². The third-order valence-electron chi connectivity index (χ3n) is 2.26. The van der Waals surface area contributed by atoms with Gasteiger partial charge in [-0.15, -0.1) is 0 Å². The number of carbonyl (C=O) groups excluding carboxylic acids is 1. The Morgan fingerprint density at radius 3 is 2.88 bits per heavy atom. The van der Waals surface area contributed by atoms with Gasteiger partial charge in [-0.05, 0) is 30.2 Å². The fraction of sp³-hybridized carbons (Fsp3) is 0.0833. The molecule has 1 saturated heterocycles. The van der Waals surface area contributed by atoms with Crippen molar-refractivity contribution < 1.29 is 4.79 Å². The SMILES string of the molecule is Cc1ccc(/C=C2\SC(=S)NC2=O)c(C#N)c1. The number of hydrogen-bond donors (Lipinski definition) is 1. The minimum absolute atomic E-state index is 0.204. The zero-order chi connectivity index (χ0) is 12.4. The van der Waals surface area contributed by atoms with Gasteiger partial charge in [-0.1, -0.05) is 36.1 Å². The maximum atomic E-state index is 11.5. The first kappa shape index (κ1) is 11.8. The summed E-state index contributed by atoms with van der Waals surface area (Å²) in [5.41, 5.74) is 2.31.